The Morgan fingerprint density at radius 1 is 1.17 bits per heavy atom. The second kappa shape index (κ2) is 4.14. The third-order valence-corrected chi connectivity index (χ3v) is 3.47. The van der Waals surface area contributed by atoms with Crippen LogP contribution < -0.4 is 5.69 Å². The molecule has 0 spiro atoms. The molecular formula is C14H11BrN2O. The van der Waals surface area contributed by atoms with Gasteiger partial charge in [-0.3, -0.25) is 4.57 Å². The molecule has 0 aliphatic heterocycles. The van der Waals surface area contributed by atoms with Crippen LogP contribution in [-0.4, -0.2) is 9.55 Å². The molecule has 3 nitrogen and oxygen atoms in total. The lowest BCUT2D eigenvalue weighted by atomic mass is 10.2. The van der Waals surface area contributed by atoms with Crippen molar-refractivity contribution in [3.63, 3.8) is 0 Å². The highest BCUT2D eigenvalue weighted by molar-refractivity contribution is 9.10. The van der Waals surface area contributed by atoms with Crippen LogP contribution in [-0.2, 0) is 0 Å². The number of benzene rings is 2. The smallest absolute Gasteiger partial charge is 0.305 e. The number of hydrogen-bond acceptors (Lipinski definition) is 1. The van der Waals surface area contributed by atoms with Crippen molar-refractivity contribution in [1.29, 1.82) is 0 Å². The van der Waals surface area contributed by atoms with E-state index in [-0.39, 0.29) is 5.69 Å². The number of nitrogens with one attached hydrogen (secondary N) is 1. The second-order valence-electron chi connectivity index (χ2n) is 4.22. The Morgan fingerprint density at radius 3 is 2.72 bits per heavy atom. The van der Waals surface area contributed by atoms with Gasteiger partial charge in [-0.2, -0.15) is 0 Å². The van der Waals surface area contributed by atoms with Gasteiger partial charge >= 0.3 is 5.69 Å². The van der Waals surface area contributed by atoms with E-state index in [1.165, 1.54) is 0 Å². The van der Waals surface area contributed by atoms with Crippen molar-refractivity contribution >= 4 is 27.0 Å². The summed E-state index contributed by atoms with van der Waals surface area (Å²) in [5, 5.41) is 0. The van der Waals surface area contributed by atoms with Gasteiger partial charge in [0.15, 0.2) is 0 Å². The average molecular weight is 303 g/mol. The van der Waals surface area contributed by atoms with Gasteiger partial charge in [0.25, 0.3) is 0 Å². The van der Waals surface area contributed by atoms with Gasteiger partial charge in [-0.05, 0) is 36.8 Å². The SMILES string of the molecule is Cc1cccc2[nH]c(=O)n(-c3cccc(Br)c3)c12. The lowest BCUT2D eigenvalue weighted by Gasteiger charge is -2.05. The fraction of sp³-hybridized carbons (Fsp3) is 0.0714. The van der Waals surface area contributed by atoms with Crippen molar-refractivity contribution in [2.75, 3.05) is 0 Å². The summed E-state index contributed by atoms with van der Waals surface area (Å²) in [6.07, 6.45) is 0. The molecule has 0 saturated heterocycles. The van der Waals surface area contributed by atoms with Crippen LogP contribution >= 0.6 is 15.9 Å². The Kier molecular flexibility index (Phi) is 2.59. The minimum atomic E-state index is -0.114. The summed E-state index contributed by atoms with van der Waals surface area (Å²) >= 11 is 3.43. The van der Waals surface area contributed by atoms with E-state index in [1.54, 1.807) is 4.57 Å². The van der Waals surface area contributed by atoms with Gasteiger partial charge in [-0.15, -0.1) is 0 Å². The molecule has 1 N–H and O–H groups in total. The van der Waals surface area contributed by atoms with E-state index in [1.807, 2.05) is 49.4 Å². The lowest BCUT2D eigenvalue weighted by Crippen LogP contribution is -2.14. The van der Waals surface area contributed by atoms with Crippen LogP contribution in [0.5, 0.6) is 0 Å². The van der Waals surface area contributed by atoms with E-state index in [0.29, 0.717) is 0 Å². The average Bonchev–Trinajstić information content (AvgIpc) is 2.67. The van der Waals surface area contributed by atoms with Crippen molar-refractivity contribution in [3.8, 4) is 5.69 Å². The first-order chi connectivity index (χ1) is 8.66. The maximum absolute atomic E-state index is 12.1. The van der Waals surface area contributed by atoms with Crippen molar-refractivity contribution < 1.29 is 0 Å². The van der Waals surface area contributed by atoms with E-state index in [2.05, 4.69) is 20.9 Å². The van der Waals surface area contributed by atoms with Crippen LogP contribution in [0.25, 0.3) is 16.7 Å². The lowest BCUT2D eigenvalue weighted by molar-refractivity contribution is 1.01. The molecule has 1 heterocycles. The monoisotopic (exact) mass is 302 g/mol. The van der Waals surface area contributed by atoms with E-state index in [4.69, 9.17) is 0 Å². The molecule has 4 heteroatoms. The normalized spacial score (nSPS) is 11.0. The predicted octanol–water partition coefficient (Wildman–Crippen LogP) is 3.39. The van der Waals surface area contributed by atoms with Crippen LogP contribution in [0.2, 0.25) is 0 Å². The number of H-pyrrole nitrogens is 1. The molecule has 0 atom stereocenters. The number of aromatic nitrogens is 2. The molecule has 0 bridgehead atoms. The van der Waals surface area contributed by atoms with Crippen LogP contribution in [0.1, 0.15) is 5.56 Å². The maximum Gasteiger partial charge on any atom is 0.331 e. The number of aromatic amines is 1. The highest BCUT2D eigenvalue weighted by atomic mass is 79.9. The first kappa shape index (κ1) is 11.3. The highest BCUT2D eigenvalue weighted by Gasteiger charge is 2.10. The quantitative estimate of drug-likeness (QED) is 0.735. The van der Waals surface area contributed by atoms with Gasteiger partial charge in [0.2, 0.25) is 0 Å². The molecule has 0 radical (unpaired) electrons. The molecular weight excluding hydrogens is 292 g/mol. The molecule has 18 heavy (non-hydrogen) atoms. The summed E-state index contributed by atoms with van der Waals surface area (Å²) in [6, 6.07) is 13.6. The largest absolute Gasteiger partial charge is 0.331 e. The van der Waals surface area contributed by atoms with Gasteiger partial charge in [0.1, 0.15) is 0 Å². The van der Waals surface area contributed by atoms with Crippen molar-refractivity contribution in [1.82, 2.24) is 9.55 Å². The third kappa shape index (κ3) is 1.69. The molecule has 0 aliphatic carbocycles. The molecule has 0 amide bonds. The highest BCUT2D eigenvalue weighted by Crippen LogP contribution is 2.21. The third-order valence-electron chi connectivity index (χ3n) is 2.97. The van der Waals surface area contributed by atoms with E-state index in [9.17, 15) is 4.79 Å². The molecule has 3 rings (SSSR count). The van der Waals surface area contributed by atoms with Gasteiger partial charge in [0, 0.05) is 4.47 Å². The molecule has 3 aromatic rings. The zero-order valence-corrected chi connectivity index (χ0v) is 11.4. The summed E-state index contributed by atoms with van der Waals surface area (Å²) in [6.45, 7) is 2.00. The number of hydrogen-bond donors (Lipinski definition) is 1. The number of para-hydroxylation sites is 1. The summed E-state index contributed by atoms with van der Waals surface area (Å²) in [4.78, 5) is 15.0. The first-order valence-electron chi connectivity index (χ1n) is 5.63. The van der Waals surface area contributed by atoms with Crippen LogP contribution in [0.4, 0.5) is 0 Å². The summed E-state index contributed by atoms with van der Waals surface area (Å²) in [5.41, 5.74) is 3.61. The zero-order chi connectivity index (χ0) is 12.7. The van der Waals surface area contributed by atoms with Gasteiger partial charge in [0.05, 0.1) is 16.7 Å². The molecule has 0 fully saturated rings. The molecule has 2 aromatic carbocycles. The number of rotatable bonds is 1. The summed E-state index contributed by atoms with van der Waals surface area (Å²) in [7, 11) is 0. The van der Waals surface area contributed by atoms with Crippen LogP contribution in [0.3, 0.4) is 0 Å². The Labute approximate surface area is 112 Å². The minimum Gasteiger partial charge on any atom is -0.305 e. The van der Waals surface area contributed by atoms with Gasteiger partial charge in [-0.1, -0.05) is 34.1 Å². The van der Waals surface area contributed by atoms with E-state index >= 15 is 0 Å². The van der Waals surface area contributed by atoms with Gasteiger partial charge in [-0.25, -0.2) is 4.79 Å². The Hall–Kier alpha value is -1.81. The van der Waals surface area contributed by atoms with Crippen LogP contribution in [0, 0.1) is 6.92 Å². The number of nitrogens with zero attached hydrogens (tertiary/aromatic N) is 1. The minimum absolute atomic E-state index is 0.114. The Bertz CT molecular complexity index is 786. The molecule has 90 valence electrons. The van der Waals surface area contributed by atoms with Crippen molar-refractivity contribution in [3.05, 3.63) is 63.0 Å². The number of halogens is 1. The van der Waals surface area contributed by atoms with Crippen LogP contribution in [0.15, 0.2) is 51.7 Å². The fourth-order valence-electron chi connectivity index (χ4n) is 2.19. The standard InChI is InChI=1S/C14H11BrN2O/c1-9-4-2-7-12-13(9)17(14(18)16-12)11-6-3-5-10(15)8-11/h2-8H,1H3,(H,16,18). The Morgan fingerprint density at radius 2 is 1.94 bits per heavy atom. The number of fused-ring (bicyclic) bond motifs is 1. The van der Waals surface area contributed by atoms with Crippen molar-refractivity contribution in [2.45, 2.75) is 6.92 Å². The summed E-state index contributed by atoms with van der Waals surface area (Å²) in [5.74, 6) is 0. The molecule has 0 saturated carbocycles. The summed E-state index contributed by atoms with van der Waals surface area (Å²) < 4.78 is 2.66. The van der Waals surface area contributed by atoms with E-state index < -0.39 is 0 Å². The number of imidazole rings is 1. The maximum atomic E-state index is 12.1. The first-order valence-corrected chi connectivity index (χ1v) is 6.42. The second-order valence-corrected chi connectivity index (χ2v) is 5.13. The van der Waals surface area contributed by atoms with Gasteiger partial charge < -0.3 is 4.98 Å². The molecule has 0 unspecified atom stereocenters. The van der Waals surface area contributed by atoms with E-state index in [0.717, 1.165) is 26.8 Å². The topological polar surface area (TPSA) is 37.8 Å². The fourth-order valence-corrected chi connectivity index (χ4v) is 2.58. The molecule has 0 aliphatic rings. The zero-order valence-electron chi connectivity index (χ0n) is 9.77. The molecule has 1 aromatic heterocycles. The number of aryl methyl sites for hydroxylation is 1. The van der Waals surface area contributed by atoms with Crippen molar-refractivity contribution in [2.24, 2.45) is 0 Å². The Balaban J connectivity index is 2.42. The predicted molar refractivity (Wildman–Crippen MR) is 76.3 cm³/mol.